The quantitative estimate of drug-likeness (QED) is 0.326. The summed E-state index contributed by atoms with van der Waals surface area (Å²) in [5.74, 6) is -0.817. The van der Waals surface area contributed by atoms with Crippen molar-refractivity contribution in [2.45, 2.75) is 13.3 Å². The Morgan fingerprint density at radius 2 is 2.08 bits per heavy atom. The third-order valence-corrected chi connectivity index (χ3v) is 1.15. The molecule has 0 aromatic carbocycles. The first kappa shape index (κ1) is 11.9. The number of hydrogen-bond acceptors (Lipinski definition) is 5. The molecule has 0 bridgehead atoms. The molecule has 0 aromatic heterocycles. The summed E-state index contributed by atoms with van der Waals surface area (Å²) in [7, 11) is 0. The average Bonchev–Trinajstić information content (AvgIpc) is 2.10. The summed E-state index contributed by atoms with van der Waals surface area (Å²) in [6.07, 6.45) is 1.78. The predicted octanol–water partition coefficient (Wildman–Crippen LogP) is 1.15. The van der Waals surface area contributed by atoms with Crippen LogP contribution in [0.3, 0.4) is 0 Å². The van der Waals surface area contributed by atoms with E-state index in [4.69, 9.17) is 16.7 Å². The van der Waals surface area contributed by atoms with Crippen LogP contribution in [0.5, 0.6) is 0 Å². The van der Waals surface area contributed by atoms with Gasteiger partial charge < -0.3 is 5.11 Å². The highest BCUT2D eigenvalue weighted by Crippen LogP contribution is 2.00. The van der Waals surface area contributed by atoms with Crippen LogP contribution >= 0.6 is 11.6 Å². The molecule has 0 fully saturated rings. The van der Waals surface area contributed by atoms with Gasteiger partial charge in [-0.05, 0) is 13.3 Å². The Balaban J connectivity index is 3.89. The Kier molecular flexibility index (Phi) is 5.92. The highest BCUT2D eigenvalue weighted by atomic mass is 35.5. The third kappa shape index (κ3) is 6.12. The van der Waals surface area contributed by atoms with Crippen LogP contribution in [-0.2, 0) is 14.6 Å². The van der Waals surface area contributed by atoms with Crippen LogP contribution in [0.15, 0.2) is 11.6 Å². The monoisotopic (exact) mass is 208 g/mol. The number of rotatable bonds is 3. The van der Waals surface area contributed by atoms with E-state index in [9.17, 15) is 9.59 Å². The lowest BCUT2D eigenvalue weighted by molar-refractivity contribution is -0.222. The first-order valence-corrected chi connectivity index (χ1v) is 3.81. The lowest BCUT2D eigenvalue weighted by atomic mass is 10.2. The van der Waals surface area contributed by atoms with E-state index >= 15 is 0 Å². The molecule has 0 aliphatic carbocycles. The second kappa shape index (κ2) is 6.45. The molecular weight excluding hydrogens is 200 g/mol. The second-order valence-corrected chi connectivity index (χ2v) is 2.40. The van der Waals surface area contributed by atoms with Gasteiger partial charge in [0.15, 0.2) is 0 Å². The Morgan fingerprint density at radius 3 is 2.54 bits per heavy atom. The Labute approximate surface area is 79.8 Å². The van der Waals surface area contributed by atoms with Crippen molar-refractivity contribution in [1.82, 2.24) is 0 Å². The molecule has 0 saturated carbocycles. The maximum absolute atomic E-state index is 10.8. The van der Waals surface area contributed by atoms with Crippen molar-refractivity contribution in [3.8, 4) is 0 Å². The maximum Gasteiger partial charge on any atom is 0.448 e. The number of hydrogen-bond donors (Lipinski definition) is 1. The zero-order valence-electron chi connectivity index (χ0n) is 6.95. The zero-order chi connectivity index (χ0) is 10.3. The molecule has 0 amide bonds. The second-order valence-electron chi connectivity index (χ2n) is 2.09. The molecule has 0 atom stereocenters. The van der Waals surface area contributed by atoms with Crippen molar-refractivity contribution in [3.05, 3.63) is 11.6 Å². The summed E-state index contributed by atoms with van der Waals surface area (Å²) in [6.45, 7) is 1.39. The molecule has 0 aliphatic rings. The number of carbonyl (C=O) groups is 2. The average molecular weight is 209 g/mol. The Bertz CT molecular complexity index is 223. The van der Waals surface area contributed by atoms with Crippen molar-refractivity contribution in [3.63, 3.8) is 0 Å². The largest absolute Gasteiger partial charge is 0.448 e. The number of aliphatic hydroxyl groups excluding tert-OH is 1. The van der Waals surface area contributed by atoms with Crippen LogP contribution in [-0.4, -0.2) is 23.1 Å². The van der Waals surface area contributed by atoms with Crippen molar-refractivity contribution in [2.75, 3.05) is 6.61 Å². The minimum absolute atomic E-state index is 0.0695. The van der Waals surface area contributed by atoms with Crippen molar-refractivity contribution < 1.29 is 24.5 Å². The van der Waals surface area contributed by atoms with Gasteiger partial charge >= 0.3 is 11.4 Å². The van der Waals surface area contributed by atoms with E-state index in [1.807, 2.05) is 0 Å². The molecule has 0 saturated heterocycles. The standard InChI is InChI=1S/C7H9ClO5/c1-5(3-2-4-9)6(10)12-13-7(8)11/h3,9H,2,4H2,1H3. The minimum atomic E-state index is -1.22. The number of carbonyl (C=O) groups excluding carboxylic acids is 2. The first-order chi connectivity index (χ1) is 6.07. The molecule has 0 radical (unpaired) electrons. The fraction of sp³-hybridized carbons (Fsp3) is 0.429. The molecule has 1 N–H and O–H groups in total. The molecule has 0 spiro atoms. The molecule has 0 heterocycles. The van der Waals surface area contributed by atoms with Gasteiger partial charge in [-0.1, -0.05) is 6.08 Å². The highest BCUT2D eigenvalue weighted by Gasteiger charge is 2.08. The predicted molar refractivity (Wildman–Crippen MR) is 43.9 cm³/mol. The molecule has 13 heavy (non-hydrogen) atoms. The van der Waals surface area contributed by atoms with E-state index in [1.54, 1.807) is 0 Å². The van der Waals surface area contributed by atoms with E-state index in [1.165, 1.54) is 13.0 Å². The topological polar surface area (TPSA) is 72.8 Å². The summed E-state index contributed by atoms with van der Waals surface area (Å²) in [5, 5.41) is 8.41. The van der Waals surface area contributed by atoms with E-state index in [-0.39, 0.29) is 12.2 Å². The van der Waals surface area contributed by atoms with Gasteiger partial charge in [-0.2, -0.15) is 0 Å². The molecule has 0 aliphatic heterocycles. The van der Waals surface area contributed by atoms with Crippen molar-refractivity contribution in [2.24, 2.45) is 0 Å². The fourth-order valence-electron chi connectivity index (χ4n) is 0.501. The Morgan fingerprint density at radius 1 is 1.46 bits per heavy atom. The van der Waals surface area contributed by atoms with Gasteiger partial charge in [-0.25, -0.2) is 19.4 Å². The molecular formula is C7H9ClO5. The summed E-state index contributed by atoms with van der Waals surface area (Å²) in [4.78, 5) is 28.6. The van der Waals surface area contributed by atoms with Crippen molar-refractivity contribution >= 4 is 23.0 Å². The number of aliphatic hydroxyl groups is 1. The molecule has 6 heteroatoms. The summed E-state index contributed by atoms with van der Waals surface area (Å²) in [6, 6.07) is 0. The third-order valence-electron chi connectivity index (χ3n) is 1.08. The van der Waals surface area contributed by atoms with Crippen LogP contribution in [0.1, 0.15) is 13.3 Å². The number of halogens is 1. The van der Waals surface area contributed by atoms with Gasteiger partial charge in [-0.15, -0.1) is 0 Å². The molecule has 0 rings (SSSR count). The summed E-state index contributed by atoms with van der Waals surface area (Å²) < 4.78 is 0. The minimum Gasteiger partial charge on any atom is -0.396 e. The molecule has 0 unspecified atom stereocenters. The summed E-state index contributed by atoms with van der Waals surface area (Å²) in [5.41, 5.74) is -0.990. The normalized spacial score (nSPS) is 10.8. The van der Waals surface area contributed by atoms with E-state index in [0.717, 1.165) is 0 Å². The van der Waals surface area contributed by atoms with E-state index in [0.29, 0.717) is 6.42 Å². The first-order valence-electron chi connectivity index (χ1n) is 3.44. The van der Waals surface area contributed by atoms with Gasteiger partial charge in [0.05, 0.1) is 0 Å². The van der Waals surface area contributed by atoms with E-state index < -0.39 is 11.4 Å². The fourth-order valence-corrected chi connectivity index (χ4v) is 0.532. The zero-order valence-corrected chi connectivity index (χ0v) is 7.71. The van der Waals surface area contributed by atoms with Gasteiger partial charge in [0.1, 0.15) is 0 Å². The highest BCUT2D eigenvalue weighted by molar-refractivity contribution is 6.61. The lowest BCUT2D eigenvalue weighted by Gasteiger charge is -1.99. The molecule has 74 valence electrons. The van der Waals surface area contributed by atoms with Gasteiger partial charge in [-0.3, -0.25) is 0 Å². The van der Waals surface area contributed by atoms with Crippen LogP contribution < -0.4 is 0 Å². The van der Waals surface area contributed by atoms with Crippen LogP contribution in [0.2, 0.25) is 0 Å². The SMILES string of the molecule is CC(=CCCO)C(=O)OOC(=O)Cl. The van der Waals surface area contributed by atoms with Crippen LogP contribution in [0.4, 0.5) is 4.79 Å². The maximum atomic E-state index is 10.8. The van der Waals surface area contributed by atoms with Gasteiger partial charge in [0.2, 0.25) is 0 Å². The van der Waals surface area contributed by atoms with Crippen LogP contribution in [0, 0.1) is 0 Å². The molecule has 0 aromatic rings. The Hall–Kier alpha value is -1.07. The van der Waals surface area contributed by atoms with Crippen molar-refractivity contribution in [1.29, 1.82) is 0 Å². The van der Waals surface area contributed by atoms with Crippen LogP contribution in [0.25, 0.3) is 0 Å². The van der Waals surface area contributed by atoms with Gasteiger partial charge in [0.25, 0.3) is 0 Å². The van der Waals surface area contributed by atoms with E-state index in [2.05, 4.69) is 9.78 Å². The smallest absolute Gasteiger partial charge is 0.396 e. The lowest BCUT2D eigenvalue weighted by Crippen LogP contribution is -2.07. The van der Waals surface area contributed by atoms with Gasteiger partial charge in [0, 0.05) is 23.8 Å². The summed E-state index contributed by atoms with van der Waals surface area (Å²) >= 11 is 4.73. The molecule has 5 nitrogen and oxygen atoms in total.